The molecule has 1 saturated heterocycles. The summed E-state index contributed by atoms with van der Waals surface area (Å²) < 4.78 is 0. The Morgan fingerprint density at radius 3 is 2.38 bits per heavy atom. The average Bonchev–Trinajstić information content (AvgIpc) is 2.97. The molecule has 0 unspecified atom stereocenters. The minimum absolute atomic E-state index is 0.0112. The normalized spacial score (nSPS) is 21.4. The lowest BCUT2D eigenvalue weighted by Gasteiger charge is -2.45. The summed E-state index contributed by atoms with van der Waals surface area (Å²) in [6.45, 7) is 1.66. The summed E-state index contributed by atoms with van der Waals surface area (Å²) in [7, 11) is 0. The van der Waals surface area contributed by atoms with Crippen molar-refractivity contribution in [3.05, 3.63) is 21.9 Å². The molecular formula is C16H21NO3S. The topological polar surface area (TPSA) is 57.6 Å². The largest absolute Gasteiger partial charge is 0.477 e. The summed E-state index contributed by atoms with van der Waals surface area (Å²) in [6.07, 6.45) is 8.67. The standard InChI is InChI=1S/C16H21NO3S/c18-14(12-5-6-13(21-12)15(19)20)17-10-4-9-16(11-17)7-2-1-3-8-16/h5-6H,1-4,7-11H2,(H,19,20). The van der Waals surface area contributed by atoms with E-state index in [1.54, 1.807) is 6.07 Å². The number of carboxylic acid groups (broad SMARTS) is 1. The van der Waals surface area contributed by atoms with E-state index in [9.17, 15) is 9.59 Å². The Balaban J connectivity index is 1.73. The molecule has 2 heterocycles. The van der Waals surface area contributed by atoms with Crippen LogP contribution in [-0.4, -0.2) is 35.0 Å². The molecule has 114 valence electrons. The molecule has 0 radical (unpaired) electrons. The van der Waals surface area contributed by atoms with Crippen molar-refractivity contribution in [2.24, 2.45) is 5.41 Å². The first-order valence-corrected chi connectivity index (χ1v) is 8.54. The van der Waals surface area contributed by atoms with E-state index in [2.05, 4.69) is 0 Å². The Morgan fingerprint density at radius 2 is 1.71 bits per heavy atom. The molecular weight excluding hydrogens is 286 g/mol. The van der Waals surface area contributed by atoms with Gasteiger partial charge in [-0.05, 0) is 43.2 Å². The summed E-state index contributed by atoms with van der Waals surface area (Å²) in [5.41, 5.74) is 0.332. The monoisotopic (exact) mass is 307 g/mol. The van der Waals surface area contributed by atoms with Crippen molar-refractivity contribution in [3.63, 3.8) is 0 Å². The molecule has 3 rings (SSSR count). The van der Waals surface area contributed by atoms with Crippen molar-refractivity contribution in [1.82, 2.24) is 4.90 Å². The van der Waals surface area contributed by atoms with Crippen LogP contribution in [0, 0.1) is 5.41 Å². The number of amides is 1. The number of piperidine rings is 1. The lowest BCUT2D eigenvalue weighted by molar-refractivity contribution is 0.0388. The molecule has 1 saturated carbocycles. The van der Waals surface area contributed by atoms with Crippen LogP contribution in [0.4, 0.5) is 0 Å². The number of carboxylic acids is 1. The van der Waals surface area contributed by atoms with Gasteiger partial charge in [-0.3, -0.25) is 4.79 Å². The van der Waals surface area contributed by atoms with E-state index in [-0.39, 0.29) is 10.8 Å². The van der Waals surface area contributed by atoms with Crippen LogP contribution in [0.3, 0.4) is 0 Å². The number of carbonyl (C=O) groups is 2. The maximum absolute atomic E-state index is 12.6. The van der Waals surface area contributed by atoms with E-state index in [1.165, 1.54) is 44.6 Å². The Bertz CT molecular complexity index is 540. The van der Waals surface area contributed by atoms with Gasteiger partial charge in [0.15, 0.2) is 0 Å². The number of nitrogens with zero attached hydrogens (tertiary/aromatic N) is 1. The van der Waals surface area contributed by atoms with E-state index in [1.807, 2.05) is 4.90 Å². The zero-order valence-electron chi connectivity index (χ0n) is 12.1. The Kier molecular flexibility index (Phi) is 4.02. The van der Waals surface area contributed by atoms with Crippen LogP contribution in [0.5, 0.6) is 0 Å². The molecule has 0 atom stereocenters. The molecule has 1 aliphatic carbocycles. The zero-order chi connectivity index (χ0) is 14.9. The lowest BCUT2D eigenvalue weighted by atomic mass is 9.69. The predicted molar refractivity (Wildman–Crippen MR) is 81.9 cm³/mol. The highest BCUT2D eigenvalue weighted by Crippen LogP contribution is 2.43. The van der Waals surface area contributed by atoms with Gasteiger partial charge in [0, 0.05) is 13.1 Å². The fourth-order valence-electron chi connectivity index (χ4n) is 3.81. The Morgan fingerprint density at radius 1 is 1.05 bits per heavy atom. The van der Waals surface area contributed by atoms with Crippen LogP contribution < -0.4 is 0 Å². The van der Waals surface area contributed by atoms with Crippen molar-refractivity contribution >= 4 is 23.2 Å². The number of likely N-dealkylation sites (tertiary alicyclic amines) is 1. The quantitative estimate of drug-likeness (QED) is 0.907. The van der Waals surface area contributed by atoms with E-state index in [4.69, 9.17) is 5.11 Å². The number of rotatable bonds is 2. The van der Waals surface area contributed by atoms with Gasteiger partial charge in [0.2, 0.25) is 0 Å². The van der Waals surface area contributed by atoms with Crippen LogP contribution >= 0.6 is 11.3 Å². The van der Waals surface area contributed by atoms with E-state index in [0.717, 1.165) is 30.8 Å². The summed E-state index contributed by atoms with van der Waals surface area (Å²) in [5, 5.41) is 8.97. The molecule has 0 aromatic carbocycles. The highest BCUT2D eigenvalue weighted by atomic mass is 32.1. The molecule has 1 aromatic heterocycles. The first kappa shape index (κ1) is 14.6. The Labute approximate surface area is 128 Å². The van der Waals surface area contributed by atoms with Crippen molar-refractivity contribution in [1.29, 1.82) is 0 Å². The molecule has 1 aliphatic heterocycles. The van der Waals surface area contributed by atoms with Crippen LogP contribution in [0.25, 0.3) is 0 Å². The average molecular weight is 307 g/mol. The van der Waals surface area contributed by atoms with Gasteiger partial charge < -0.3 is 10.0 Å². The smallest absolute Gasteiger partial charge is 0.345 e. The molecule has 0 bridgehead atoms. The fraction of sp³-hybridized carbons (Fsp3) is 0.625. The van der Waals surface area contributed by atoms with Crippen molar-refractivity contribution in [3.8, 4) is 0 Å². The first-order chi connectivity index (χ1) is 10.1. The van der Waals surface area contributed by atoms with E-state index < -0.39 is 5.97 Å². The third kappa shape index (κ3) is 2.98. The second-order valence-corrected chi connectivity index (χ2v) is 7.44. The molecule has 1 amide bonds. The maximum Gasteiger partial charge on any atom is 0.345 e. The Hall–Kier alpha value is -1.36. The summed E-state index contributed by atoms with van der Waals surface area (Å²) in [5.74, 6) is -0.946. The van der Waals surface area contributed by atoms with Gasteiger partial charge in [-0.15, -0.1) is 11.3 Å². The van der Waals surface area contributed by atoms with Gasteiger partial charge in [-0.1, -0.05) is 19.3 Å². The summed E-state index contributed by atoms with van der Waals surface area (Å²) >= 11 is 1.09. The fourth-order valence-corrected chi connectivity index (χ4v) is 4.63. The van der Waals surface area contributed by atoms with Gasteiger partial charge in [0.25, 0.3) is 5.91 Å². The zero-order valence-corrected chi connectivity index (χ0v) is 13.0. The van der Waals surface area contributed by atoms with E-state index >= 15 is 0 Å². The number of carbonyl (C=O) groups excluding carboxylic acids is 1. The highest BCUT2D eigenvalue weighted by molar-refractivity contribution is 7.15. The van der Waals surface area contributed by atoms with Gasteiger partial charge in [-0.25, -0.2) is 4.79 Å². The lowest BCUT2D eigenvalue weighted by Crippen LogP contribution is -2.46. The number of hydrogen-bond acceptors (Lipinski definition) is 3. The molecule has 2 fully saturated rings. The summed E-state index contributed by atoms with van der Waals surface area (Å²) in [6, 6.07) is 3.18. The van der Waals surface area contributed by atoms with Crippen LogP contribution in [0.15, 0.2) is 12.1 Å². The van der Waals surface area contributed by atoms with Gasteiger partial charge in [-0.2, -0.15) is 0 Å². The van der Waals surface area contributed by atoms with Crippen LogP contribution in [0.1, 0.15) is 64.3 Å². The number of aromatic carboxylic acids is 1. The number of thiophene rings is 1. The van der Waals surface area contributed by atoms with Gasteiger partial charge in [0.05, 0.1) is 4.88 Å². The number of hydrogen-bond donors (Lipinski definition) is 1. The van der Waals surface area contributed by atoms with Crippen molar-refractivity contribution < 1.29 is 14.7 Å². The van der Waals surface area contributed by atoms with Crippen LogP contribution in [-0.2, 0) is 0 Å². The van der Waals surface area contributed by atoms with Crippen molar-refractivity contribution in [2.75, 3.05) is 13.1 Å². The summed E-state index contributed by atoms with van der Waals surface area (Å²) in [4.78, 5) is 26.3. The molecule has 2 aliphatic rings. The maximum atomic E-state index is 12.6. The molecule has 1 spiro atoms. The molecule has 1 aromatic rings. The minimum atomic E-state index is -0.957. The van der Waals surface area contributed by atoms with Crippen LogP contribution in [0.2, 0.25) is 0 Å². The third-order valence-corrected chi connectivity index (χ3v) is 5.95. The minimum Gasteiger partial charge on any atom is -0.477 e. The third-order valence-electron chi connectivity index (χ3n) is 4.89. The second-order valence-electron chi connectivity index (χ2n) is 6.36. The second kappa shape index (κ2) is 5.79. The molecule has 21 heavy (non-hydrogen) atoms. The van der Waals surface area contributed by atoms with Gasteiger partial charge >= 0.3 is 5.97 Å². The molecule has 4 nitrogen and oxygen atoms in total. The van der Waals surface area contributed by atoms with Gasteiger partial charge in [0.1, 0.15) is 4.88 Å². The van der Waals surface area contributed by atoms with E-state index in [0.29, 0.717) is 10.3 Å². The van der Waals surface area contributed by atoms with Crippen molar-refractivity contribution in [2.45, 2.75) is 44.9 Å². The SMILES string of the molecule is O=C(O)c1ccc(C(=O)N2CCCC3(CCCCC3)C2)s1. The molecule has 5 heteroatoms. The first-order valence-electron chi connectivity index (χ1n) is 7.72. The molecule has 1 N–H and O–H groups in total. The highest BCUT2D eigenvalue weighted by Gasteiger charge is 2.38. The predicted octanol–water partition coefficient (Wildman–Crippen LogP) is 3.63.